The van der Waals surface area contributed by atoms with Gasteiger partial charge in [0.2, 0.25) is 0 Å². The zero-order valence-electron chi connectivity index (χ0n) is 9.65. The van der Waals surface area contributed by atoms with Gasteiger partial charge in [0.05, 0.1) is 19.9 Å². The summed E-state index contributed by atoms with van der Waals surface area (Å²) in [6, 6.07) is 3.85. The molecule has 2 rings (SSSR count). The van der Waals surface area contributed by atoms with Crippen molar-refractivity contribution in [3.8, 4) is 11.5 Å². The van der Waals surface area contributed by atoms with E-state index in [0.29, 0.717) is 11.5 Å². The summed E-state index contributed by atoms with van der Waals surface area (Å²) in [5.41, 5.74) is 1.82. The summed E-state index contributed by atoms with van der Waals surface area (Å²) in [4.78, 5) is 8.50. The summed E-state index contributed by atoms with van der Waals surface area (Å²) in [6.45, 7) is 2.07. The number of methoxy groups -OCH3 is 2. The lowest BCUT2D eigenvalue weighted by molar-refractivity contribution is 0.358. The van der Waals surface area contributed by atoms with Gasteiger partial charge in [-0.1, -0.05) is 6.92 Å². The Hall–Kier alpha value is -1.84. The molecule has 0 amide bonds. The molecule has 0 fully saturated rings. The average molecular weight is 218 g/mol. The smallest absolute Gasteiger partial charge is 0.187 e. The first-order chi connectivity index (χ1) is 7.81. The van der Waals surface area contributed by atoms with Gasteiger partial charge in [0.25, 0.3) is 0 Å². The second kappa shape index (κ2) is 4.35. The van der Waals surface area contributed by atoms with Crippen molar-refractivity contribution in [2.24, 2.45) is 0 Å². The molecule has 0 aliphatic carbocycles. The van der Waals surface area contributed by atoms with Crippen LogP contribution in [-0.4, -0.2) is 24.2 Å². The van der Waals surface area contributed by atoms with Crippen LogP contribution in [-0.2, 0) is 6.42 Å². The molecule has 0 aliphatic rings. The number of rotatable bonds is 3. The van der Waals surface area contributed by atoms with E-state index in [1.165, 1.54) is 0 Å². The van der Waals surface area contributed by atoms with Crippen LogP contribution in [0.3, 0.4) is 0 Å². The quantitative estimate of drug-likeness (QED) is 0.792. The average Bonchev–Trinajstić information content (AvgIpc) is 2.36. The molecule has 16 heavy (non-hydrogen) atoms. The number of nitrogens with zero attached hydrogens (tertiary/aromatic N) is 2. The zero-order valence-corrected chi connectivity index (χ0v) is 9.65. The van der Waals surface area contributed by atoms with E-state index in [4.69, 9.17) is 9.47 Å². The predicted octanol–water partition coefficient (Wildman–Crippen LogP) is 2.21. The van der Waals surface area contributed by atoms with Crippen LogP contribution in [0.1, 0.15) is 12.6 Å². The van der Waals surface area contributed by atoms with Crippen molar-refractivity contribution in [2.75, 3.05) is 14.2 Å². The Morgan fingerprint density at radius 2 is 1.94 bits per heavy atom. The van der Waals surface area contributed by atoms with Gasteiger partial charge in [0.15, 0.2) is 11.5 Å². The second-order valence-corrected chi connectivity index (χ2v) is 3.37. The highest BCUT2D eigenvalue weighted by molar-refractivity contribution is 5.88. The van der Waals surface area contributed by atoms with Crippen molar-refractivity contribution in [1.29, 1.82) is 0 Å². The number of hydrogen-bond donors (Lipinski definition) is 0. The maximum atomic E-state index is 5.33. The predicted molar refractivity (Wildman–Crippen MR) is 62.0 cm³/mol. The van der Waals surface area contributed by atoms with Gasteiger partial charge in [-0.25, -0.2) is 9.97 Å². The minimum atomic E-state index is 0.664. The van der Waals surface area contributed by atoms with Gasteiger partial charge >= 0.3 is 0 Å². The van der Waals surface area contributed by atoms with Crippen LogP contribution in [0.5, 0.6) is 11.5 Å². The lowest BCUT2D eigenvalue weighted by Gasteiger charge is -2.10. The number of ether oxygens (including phenoxy) is 2. The normalized spacial score (nSPS) is 10.4. The van der Waals surface area contributed by atoms with E-state index in [1.54, 1.807) is 20.5 Å². The molecular formula is C12H14N2O2. The molecule has 0 bridgehead atoms. The van der Waals surface area contributed by atoms with Crippen LogP contribution < -0.4 is 9.47 Å². The molecule has 0 spiro atoms. The highest BCUT2D eigenvalue weighted by Crippen LogP contribution is 2.34. The standard InChI is InChI=1S/C12H14N2O2/c1-4-9-8-5-6-10(15-2)12(16-3)11(8)14-7-13-9/h5-7H,4H2,1-3H3. The Labute approximate surface area is 94.2 Å². The van der Waals surface area contributed by atoms with Gasteiger partial charge in [-0.15, -0.1) is 0 Å². The molecule has 0 radical (unpaired) electrons. The number of hydrogen-bond acceptors (Lipinski definition) is 4. The third-order valence-electron chi connectivity index (χ3n) is 2.57. The van der Waals surface area contributed by atoms with Crippen molar-refractivity contribution in [3.63, 3.8) is 0 Å². The largest absolute Gasteiger partial charge is 0.493 e. The molecule has 4 heteroatoms. The van der Waals surface area contributed by atoms with Gasteiger partial charge in [0.1, 0.15) is 11.8 Å². The van der Waals surface area contributed by atoms with Crippen LogP contribution in [0, 0.1) is 0 Å². The van der Waals surface area contributed by atoms with E-state index >= 15 is 0 Å². The van der Waals surface area contributed by atoms with Gasteiger partial charge < -0.3 is 9.47 Å². The van der Waals surface area contributed by atoms with Crippen LogP contribution in [0.15, 0.2) is 18.5 Å². The Kier molecular flexibility index (Phi) is 2.90. The summed E-state index contributed by atoms with van der Waals surface area (Å²) in [7, 11) is 3.23. The Morgan fingerprint density at radius 3 is 2.56 bits per heavy atom. The van der Waals surface area contributed by atoms with E-state index in [-0.39, 0.29) is 0 Å². The summed E-state index contributed by atoms with van der Waals surface area (Å²) in [6.07, 6.45) is 2.43. The van der Waals surface area contributed by atoms with Crippen molar-refractivity contribution < 1.29 is 9.47 Å². The third-order valence-corrected chi connectivity index (χ3v) is 2.57. The van der Waals surface area contributed by atoms with E-state index in [9.17, 15) is 0 Å². The van der Waals surface area contributed by atoms with Crippen LogP contribution in [0.25, 0.3) is 10.9 Å². The highest BCUT2D eigenvalue weighted by atomic mass is 16.5. The first kappa shape index (κ1) is 10.7. The fourth-order valence-corrected chi connectivity index (χ4v) is 1.78. The first-order valence-electron chi connectivity index (χ1n) is 5.16. The van der Waals surface area contributed by atoms with Crippen molar-refractivity contribution >= 4 is 10.9 Å². The Balaban J connectivity index is 2.78. The molecule has 4 nitrogen and oxygen atoms in total. The molecule has 1 aromatic heterocycles. The van der Waals surface area contributed by atoms with Crippen LogP contribution in [0.2, 0.25) is 0 Å². The summed E-state index contributed by atoms with van der Waals surface area (Å²) < 4.78 is 10.6. The van der Waals surface area contributed by atoms with E-state index in [2.05, 4.69) is 16.9 Å². The maximum absolute atomic E-state index is 5.33. The lowest BCUT2D eigenvalue weighted by atomic mass is 10.1. The summed E-state index contributed by atoms with van der Waals surface area (Å²) in [5.74, 6) is 1.35. The topological polar surface area (TPSA) is 44.2 Å². The minimum absolute atomic E-state index is 0.664. The molecular weight excluding hydrogens is 204 g/mol. The fraction of sp³-hybridized carbons (Fsp3) is 0.333. The Morgan fingerprint density at radius 1 is 1.12 bits per heavy atom. The molecule has 1 aromatic carbocycles. The number of fused-ring (bicyclic) bond motifs is 1. The summed E-state index contributed by atoms with van der Waals surface area (Å²) >= 11 is 0. The minimum Gasteiger partial charge on any atom is -0.493 e. The van der Waals surface area contributed by atoms with Gasteiger partial charge in [-0.05, 0) is 18.6 Å². The number of benzene rings is 1. The molecule has 0 saturated heterocycles. The van der Waals surface area contributed by atoms with Crippen LogP contribution in [0.4, 0.5) is 0 Å². The monoisotopic (exact) mass is 218 g/mol. The van der Waals surface area contributed by atoms with Crippen molar-refractivity contribution in [3.05, 3.63) is 24.2 Å². The van der Waals surface area contributed by atoms with E-state index in [0.717, 1.165) is 23.0 Å². The number of aromatic nitrogens is 2. The third kappa shape index (κ3) is 1.56. The van der Waals surface area contributed by atoms with Gasteiger partial charge in [-0.2, -0.15) is 0 Å². The fourth-order valence-electron chi connectivity index (χ4n) is 1.78. The molecule has 84 valence electrons. The van der Waals surface area contributed by atoms with Gasteiger partial charge in [-0.3, -0.25) is 0 Å². The second-order valence-electron chi connectivity index (χ2n) is 3.37. The van der Waals surface area contributed by atoms with Crippen molar-refractivity contribution in [1.82, 2.24) is 9.97 Å². The molecule has 0 N–H and O–H groups in total. The van der Waals surface area contributed by atoms with E-state index < -0.39 is 0 Å². The zero-order chi connectivity index (χ0) is 11.5. The van der Waals surface area contributed by atoms with E-state index in [1.807, 2.05) is 12.1 Å². The molecule has 0 unspecified atom stereocenters. The molecule has 2 aromatic rings. The highest BCUT2D eigenvalue weighted by Gasteiger charge is 2.12. The Bertz CT molecular complexity index is 512. The van der Waals surface area contributed by atoms with Crippen molar-refractivity contribution in [2.45, 2.75) is 13.3 Å². The SMILES string of the molecule is CCc1ncnc2c(OC)c(OC)ccc12. The molecule has 0 saturated carbocycles. The lowest BCUT2D eigenvalue weighted by Crippen LogP contribution is -1.96. The maximum Gasteiger partial charge on any atom is 0.187 e. The summed E-state index contributed by atoms with van der Waals surface area (Å²) in [5, 5.41) is 1.02. The molecule has 0 aliphatic heterocycles. The van der Waals surface area contributed by atoms with Gasteiger partial charge in [0, 0.05) is 5.39 Å². The first-order valence-corrected chi connectivity index (χ1v) is 5.16. The number of aryl methyl sites for hydroxylation is 1. The molecule has 1 heterocycles. The van der Waals surface area contributed by atoms with Crippen LogP contribution >= 0.6 is 0 Å². The molecule has 0 atom stereocenters.